The van der Waals surface area contributed by atoms with Gasteiger partial charge in [-0.15, -0.1) is 0 Å². The van der Waals surface area contributed by atoms with Crippen molar-refractivity contribution in [3.63, 3.8) is 0 Å². The summed E-state index contributed by atoms with van der Waals surface area (Å²) in [5.74, 6) is 0. The van der Waals surface area contributed by atoms with Gasteiger partial charge in [-0.25, -0.2) is 0 Å². The molecule has 1 N–H and O–H groups in total. The van der Waals surface area contributed by atoms with Crippen molar-refractivity contribution in [1.29, 1.82) is 0 Å². The third kappa shape index (κ3) is 6.19. The zero-order valence-electron chi connectivity index (χ0n) is 10.7. The number of nitrogens with one attached hydrogen (secondary N) is 1. The molecule has 0 bridgehead atoms. The Morgan fingerprint density at radius 3 is 2.47 bits per heavy atom. The summed E-state index contributed by atoms with van der Waals surface area (Å²) < 4.78 is 0. The van der Waals surface area contributed by atoms with Crippen LogP contribution < -0.4 is 5.32 Å². The lowest BCUT2D eigenvalue weighted by Crippen LogP contribution is -2.40. The van der Waals surface area contributed by atoms with Gasteiger partial charge in [0.05, 0.1) is 0 Å². The molecule has 0 amide bonds. The van der Waals surface area contributed by atoms with Crippen LogP contribution in [0.1, 0.15) is 78.1 Å². The van der Waals surface area contributed by atoms with Crippen LogP contribution in [0.5, 0.6) is 0 Å². The molecule has 0 aromatic heterocycles. The fraction of sp³-hybridized carbons (Fsp3) is 1.00. The van der Waals surface area contributed by atoms with Gasteiger partial charge in [0, 0.05) is 12.1 Å². The average molecular weight is 211 g/mol. The van der Waals surface area contributed by atoms with Crippen LogP contribution in [0, 0.1) is 0 Å². The molecule has 0 aromatic rings. The molecule has 2 atom stereocenters. The molecule has 0 aromatic carbocycles. The number of piperidine rings is 1. The SMILES string of the molecule is CCCCCCCC[C@@H]1CCC[C@H](C)N1. The molecule has 1 aliphatic heterocycles. The lowest BCUT2D eigenvalue weighted by atomic mass is 9.95. The summed E-state index contributed by atoms with van der Waals surface area (Å²) in [5, 5.41) is 3.72. The fourth-order valence-corrected chi connectivity index (χ4v) is 2.64. The van der Waals surface area contributed by atoms with E-state index in [-0.39, 0.29) is 0 Å². The number of unbranched alkanes of at least 4 members (excludes halogenated alkanes) is 5. The maximum absolute atomic E-state index is 3.72. The predicted molar refractivity (Wildman–Crippen MR) is 68.2 cm³/mol. The summed E-state index contributed by atoms with van der Waals surface area (Å²) in [6.07, 6.45) is 14.2. The van der Waals surface area contributed by atoms with E-state index in [1.165, 1.54) is 64.2 Å². The van der Waals surface area contributed by atoms with E-state index in [4.69, 9.17) is 0 Å². The molecule has 1 aliphatic rings. The molecule has 1 heterocycles. The Labute approximate surface area is 96.0 Å². The van der Waals surface area contributed by atoms with E-state index >= 15 is 0 Å². The van der Waals surface area contributed by atoms with Gasteiger partial charge in [-0.1, -0.05) is 51.9 Å². The Morgan fingerprint density at radius 2 is 1.73 bits per heavy atom. The number of hydrogen-bond acceptors (Lipinski definition) is 1. The molecule has 1 fully saturated rings. The van der Waals surface area contributed by atoms with Crippen molar-refractivity contribution in [3.8, 4) is 0 Å². The molecule has 0 spiro atoms. The van der Waals surface area contributed by atoms with Crippen LogP contribution in [-0.2, 0) is 0 Å². The maximum Gasteiger partial charge on any atom is 0.00695 e. The van der Waals surface area contributed by atoms with E-state index in [0.717, 1.165) is 12.1 Å². The number of rotatable bonds is 7. The fourth-order valence-electron chi connectivity index (χ4n) is 2.64. The lowest BCUT2D eigenvalue weighted by Gasteiger charge is -2.28. The van der Waals surface area contributed by atoms with Gasteiger partial charge in [0.2, 0.25) is 0 Å². The normalized spacial score (nSPS) is 26.8. The summed E-state index contributed by atoms with van der Waals surface area (Å²) >= 11 is 0. The van der Waals surface area contributed by atoms with E-state index in [2.05, 4.69) is 19.2 Å². The van der Waals surface area contributed by atoms with Crippen molar-refractivity contribution in [1.82, 2.24) is 5.32 Å². The van der Waals surface area contributed by atoms with Crippen molar-refractivity contribution in [2.45, 2.75) is 90.1 Å². The summed E-state index contributed by atoms with van der Waals surface area (Å²) in [6.45, 7) is 4.61. The average Bonchev–Trinajstić information content (AvgIpc) is 2.23. The van der Waals surface area contributed by atoms with Gasteiger partial charge < -0.3 is 5.32 Å². The van der Waals surface area contributed by atoms with E-state index < -0.39 is 0 Å². The molecule has 1 heteroatoms. The molecule has 90 valence electrons. The van der Waals surface area contributed by atoms with Gasteiger partial charge in [0.25, 0.3) is 0 Å². The minimum Gasteiger partial charge on any atom is -0.312 e. The second kappa shape index (κ2) is 8.15. The molecular weight excluding hydrogens is 182 g/mol. The zero-order valence-corrected chi connectivity index (χ0v) is 10.7. The molecule has 1 saturated heterocycles. The first-order chi connectivity index (χ1) is 7.33. The molecular formula is C14H29N. The maximum atomic E-state index is 3.72. The summed E-state index contributed by atoms with van der Waals surface area (Å²) in [6, 6.07) is 1.60. The van der Waals surface area contributed by atoms with Crippen molar-refractivity contribution in [2.75, 3.05) is 0 Å². The third-order valence-electron chi connectivity index (χ3n) is 3.62. The first kappa shape index (κ1) is 13.0. The monoisotopic (exact) mass is 211 g/mol. The molecule has 0 saturated carbocycles. The zero-order chi connectivity index (χ0) is 10.9. The van der Waals surface area contributed by atoms with Crippen LogP contribution in [-0.4, -0.2) is 12.1 Å². The standard InChI is InChI=1S/C14H29N/c1-3-4-5-6-7-8-11-14-12-9-10-13(2)15-14/h13-15H,3-12H2,1-2H3/t13-,14+/m0/s1. The first-order valence-electron chi connectivity index (χ1n) is 7.09. The van der Waals surface area contributed by atoms with Crippen LogP contribution in [0.15, 0.2) is 0 Å². The first-order valence-corrected chi connectivity index (χ1v) is 7.09. The Bertz CT molecular complexity index is 144. The molecule has 0 radical (unpaired) electrons. The molecule has 0 unspecified atom stereocenters. The Kier molecular flexibility index (Phi) is 7.08. The summed E-state index contributed by atoms with van der Waals surface area (Å²) in [4.78, 5) is 0. The van der Waals surface area contributed by atoms with Crippen LogP contribution in [0.25, 0.3) is 0 Å². The molecule has 1 rings (SSSR count). The smallest absolute Gasteiger partial charge is 0.00695 e. The van der Waals surface area contributed by atoms with Crippen molar-refractivity contribution >= 4 is 0 Å². The molecule has 1 nitrogen and oxygen atoms in total. The predicted octanol–water partition coefficient (Wildman–Crippen LogP) is 4.27. The van der Waals surface area contributed by atoms with Crippen LogP contribution >= 0.6 is 0 Å². The van der Waals surface area contributed by atoms with Gasteiger partial charge in [-0.05, 0) is 26.2 Å². The summed E-state index contributed by atoms with van der Waals surface area (Å²) in [5.41, 5.74) is 0. The largest absolute Gasteiger partial charge is 0.312 e. The van der Waals surface area contributed by atoms with E-state index in [9.17, 15) is 0 Å². The highest BCUT2D eigenvalue weighted by molar-refractivity contribution is 4.77. The van der Waals surface area contributed by atoms with Crippen molar-refractivity contribution in [3.05, 3.63) is 0 Å². The van der Waals surface area contributed by atoms with Gasteiger partial charge in [-0.2, -0.15) is 0 Å². The number of hydrogen-bond donors (Lipinski definition) is 1. The van der Waals surface area contributed by atoms with Gasteiger partial charge in [-0.3, -0.25) is 0 Å². The van der Waals surface area contributed by atoms with Gasteiger partial charge >= 0.3 is 0 Å². The third-order valence-corrected chi connectivity index (χ3v) is 3.62. The van der Waals surface area contributed by atoms with Crippen LogP contribution in [0.3, 0.4) is 0 Å². The highest BCUT2D eigenvalue weighted by Crippen LogP contribution is 2.17. The van der Waals surface area contributed by atoms with Crippen molar-refractivity contribution in [2.24, 2.45) is 0 Å². The van der Waals surface area contributed by atoms with E-state index in [1.807, 2.05) is 0 Å². The quantitative estimate of drug-likeness (QED) is 0.620. The van der Waals surface area contributed by atoms with Crippen LogP contribution in [0.4, 0.5) is 0 Å². The minimum absolute atomic E-state index is 0.767. The second-order valence-corrected chi connectivity index (χ2v) is 5.25. The highest BCUT2D eigenvalue weighted by atomic mass is 15.0. The summed E-state index contributed by atoms with van der Waals surface area (Å²) in [7, 11) is 0. The second-order valence-electron chi connectivity index (χ2n) is 5.25. The lowest BCUT2D eigenvalue weighted by molar-refractivity contribution is 0.314. The highest BCUT2D eigenvalue weighted by Gasteiger charge is 2.16. The Balaban J connectivity index is 1.90. The van der Waals surface area contributed by atoms with Crippen molar-refractivity contribution < 1.29 is 0 Å². The van der Waals surface area contributed by atoms with Gasteiger partial charge in [0.1, 0.15) is 0 Å². The van der Waals surface area contributed by atoms with Crippen LogP contribution in [0.2, 0.25) is 0 Å². The Morgan fingerprint density at radius 1 is 1.00 bits per heavy atom. The van der Waals surface area contributed by atoms with Gasteiger partial charge in [0.15, 0.2) is 0 Å². The van der Waals surface area contributed by atoms with E-state index in [1.54, 1.807) is 0 Å². The minimum atomic E-state index is 0.767. The molecule has 0 aliphatic carbocycles. The Hall–Kier alpha value is -0.0400. The molecule has 15 heavy (non-hydrogen) atoms. The topological polar surface area (TPSA) is 12.0 Å². The van der Waals surface area contributed by atoms with E-state index in [0.29, 0.717) is 0 Å².